The first-order valence-electron chi connectivity index (χ1n) is 6.51. The maximum atomic E-state index is 12.2. The Bertz CT molecular complexity index is 684. The lowest BCUT2D eigenvalue weighted by atomic mass is 10.2. The molecule has 0 radical (unpaired) electrons. The first-order valence-corrected chi connectivity index (χ1v) is 7.99. The molecule has 0 fully saturated rings. The van der Waals surface area contributed by atoms with Gasteiger partial charge in [-0.2, -0.15) is 4.72 Å². The standard InChI is InChI=1S/C13H16N2O5S/c1-2-3-11(13(17)18)15-21(19,20)9-4-5-10-8(6-9)7-12(16)14-10/h4-6,11,15H,2-3,7H2,1H3,(H,14,16)(H,17,18)/t11-/m1/s1. The fourth-order valence-electron chi connectivity index (χ4n) is 2.15. The van der Waals surface area contributed by atoms with Gasteiger partial charge in [0.15, 0.2) is 0 Å². The summed E-state index contributed by atoms with van der Waals surface area (Å²) < 4.78 is 26.6. The lowest BCUT2D eigenvalue weighted by Gasteiger charge is -2.14. The number of sulfonamides is 1. The van der Waals surface area contributed by atoms with E-state index in [0.717, 1.165) is 0 Å². The smallest absolute Gasteiger partial charge is 0.321 e. The molecule has 0 unspecified atom stereocenters. The van der Waals surface area contributed by atoms with Gasteiger partial charge < -0.3 is 10.4 Å². The van der Waals surface area contributed by atoms with Crippen molar-refractivity contribution in [2.75, 3.05) is 5.32 Å². The van der Waals surface area contributed by atoms with Crippen LogP contribution in [0.5, 0.6) is 0 Å². The molecular weight excluding hydrogens is 296 g/mol. The van der Waals surface area contributed by atoms with Crippen molar-refractivity contribution < 1.29 is 23.1 Å². The number of benzene rings is 1. The van der Waals surface area contributed by atoms with Crippen LogP contribution in [0.25, 0.3) is 0 Å². The van der Waals surface area contributed by atoms with Crippen molar-refractivity contribution in [3.05, 3.63) is 23.8 Å². The van der Waals surface area contributed by atoms with Gasteiger partial charge in [-0.3, -0.25) is 9.59 Å². The molecule has 0 spiro atoms. The molecule has 7 nitrogen and oxygen atoms in total. The van der Waals surface area contributed by atoms with Crippen LogP contribution in [-0.2, 0) is 26.0 Å². The van der Waals surface area contributed by atoms with Gasteiger partial charge in [-0.15, -0.1) is 0 Å². The van der Waals surface area contributed by atoms with Crippen LogP contribution >= 0.6 is 0 Å². The van der Waals surface area contributed by atoms with Crippen molar-refractivity contribution in [3.8, 4) is 0 Å². The third-order valence-corrected chi connectivity index (χ3v) is 4.65. The van der Waals surface area contributed by atoms with Crippen LogP contribution in [0.2, 0.25) is 0 Å². The monoisotopic (exact) mass is 312 g/mol. The Morgan fingerprint density at radius 2 is 2.19 bits per heavy atom. The Labute approximate surface area is 122 Å². The van der Waals surface area contributed by atoms with E-state index >= 15 is 0 Å². The fraction of sp³-hybridized carbons (Fsp3) is 0.385. The van der Waals surface area contributed by atoms with Gasteiger partial charge in [0.1, 0.15) is 6.04 Å². The molecule has 1 heterocycles. The van der Waals surface area contributed by atoms with Gasteiger partial charge in [0.05, 0.1) is 11.3 Å². The molecule has 0 aliphatic carbocycles. The number of carbonyl (C=O) groups is 2. The molecule has 1 aromatic carbocycles. The number of carboxylic acids is 1. The molecule has 0 bridgehead atoms. The van der Waals surface area contributed by atoms with Crippen LogP contribution in [0.15, 0.2) is 23.1 Å². The van der Waals surface area contributed by atoms with E-state index in [1.165, 1.54) is 18.2 Å². The predicted octanol–water partition coefficient (Wildman–Crippen LogP) is 0.713. The molecule has 8 heteroatoms. The molecule has 2 rings (SSSR count). The highest BCUT2D eigenvalue weighted by Gasteiger charge is 2.26. The van der Waals surface area contributed by atoms with Gasteiger partial charge in [-0.1, -0.05) is 13.3 Å². The number of carboxylic acid groups (broad SMARTS) is 1. The summed E-state index contributed by atoms with van der Waals surface area (Å²) in [5, 5.41) is 11.6. The Balaban J connectivity index is 2.26. The second kappa shape index (κ2) is 5.82. The minimum atomic E-state index is -3.94. The quantitative estimate of drug-likeness (QED) is 0.716. The predicted molar refractivity (Wildman–Crippen MR) is 75.4 cm³/mol. The summed E-state index contributed by atoms with van der Waals surface area (Å²) in [5.41, 5.74) is 1.17. The van der Waals surface area contributed by atoms with E-state index in [1.54, 1.807) is 6.92 Å². The maximum Gasteiger partial charge on any atom is 0.321 e. The molecule has 0 saturated heterocycles. The number of hydrogen-bond acceptors (Lipinski definition) is 4. The Morgan fingerprint density at radius 1 is 1.48 bits per heavy atom. The van der Waals surface area contributed by atoms with Gasteiger partial charge in [-0.25, -0.2) is 8.42 Å². The van der Waals surface area contributed by atoms with E-state index in [4.69, 9.17) is 5.11 Å². The highest BCUT2D eigenvalue weighted by atomic mass is 32.2. The van der Waals surface area contributed by atoms with Gasteiger partial charge >= 0.3 is 5.97 Å². The second-order valence-corrected chi connectivity index (χ2v) is 6.56. The van der Waals surface area contributed by atoms with Gasteiger partial charge in [0.25, 0.3) is 0 Å². The molecule has 0 aromatic heterocycles. The van der Waals surface area contributed by atoms with Crippen LogP contribution in [0.3, 0.4) is 0 Å². The maximum absolute atomic E-state index is 12.2. The molecule has 114 valence electrons. The Morgan fingerprint density at radius 3 is 2.81 bits per heavy atom. The number of carbonyl (C=O) groups excluding carboxylic acids is 1. The molecule has 0 saturated carbocycles. The topological polar surface area (TPSA) is 113 Å². The number of aliphatic carboxylic acids is 1. The normalized spacial score (nSPS) is 15.4. The lowest BCUT2D eigenvalue weighted by Crippen LogP contribution is -2.40. The summed E-state index contributed by atoms with van der Waals surface area (Å²) in [4.78, 5) is 22.3. The molecule has 1 aliphatic heterocycles. The van der Waals surface area contributed by atoms with E-state index in [9.17, 15) is 18.0 Å². The number of nitrogens with one attached hydrogen (secondary N) is 2. The molecule has 21 heavy (non-hydrogen) atoms. The second-order valence-electron chi connectivity index (χ2n) is 4.84. The lowest BCUT2D eigenvalue weighted by molar-refractivity contribution is -0.139. The molecule has 1 atom stereocenters. The van der Waals surface area contributed by atoms with Crippen molar-refractivity contribution in [2.24, 2.45) is 0 Å². The van der Waals surface area contributed by atoms with Gasteiger partial charge in [-0.05, 0) is 30.2 Å². The van der Waals surface area contributed by atoms with Gasteiger partial charge in [0.2, 0.25) is 15.9 Å². The zero-order valence-electron chi connectivity index (χ0n) is 11.4. The van der Waals surface area contributed by atoms with E-state index in [-0.39, 0.29) is 23.6 Å². The summed E-state index contributed by atoms with van der Waals surface area (Å²) in [6.07, 6.45) is 0.873. The highest BCUT2D eigenvalue weighted by Crippen LogP contribution is 2.25. The van der Waals surface area contributed by atoms with Crippen LogP contribution < -0.4 is 10.0 Å². The number of amides is 1. The summed E-state index contributed by atoms with van der Waals surface area (Å²) in [6, 6.07) is 3.08. The fourth-order valence-corrected chi connectivity index (χ4v) is 3.42. The number of fused-ring (bicyclic) bond motifs is 1. The largest absolute Gasteiger partial charge is 0.480 e. The third-order valence-electron chi connectivity index (χ3n) is 3.18. The van der Waals surface area contributed by atoms with Gasteiger partial charge in [0, 0.05) is 5.69 Å². The molecular formula is C13H16N2O5S. The first kappa shape index (κ1) is 15.5. The Kier molecular flexibility index (Phi) is 4.29. The zero-order chi connectivity index (χ0) is 15.6. The van der Waals surface area contributed by atoms with Crippen molar-refractivity contribution in [1.82, 2.24) is 4.72 Å². The number of hydrogen-bond donors (Lipinski definition) is 3. The minimum Gasteiger partial charge on any atom is -0.480 e. The van der Waals surface area contributed by atoms with Crippen molar-refractivity contribution in [2.45, 2.75) is 37.1 Å². The number of rotatable bonds is 6. The third kappa shape index (κ3) is 3.40. The van der Waals surface area contributed by atoms with Crippen LogP contribution in [0.1, 0.15) is 25.3 Å². The van der Waals surface area contributed by atoms with Crippen LogP contribution in [-0.4, -0.2) is 31.4 Å². The first-order chi connectivity index (χ1) is 9.83. The SMILES string of the molecule is CCC[C@@H](NS(=O)(=O)c1ccc2c(c1)CC(=O)N2)C(=O)O. The molecule has 3 N–H and O–H groups in total. The summed E-state index contributed by atoms with van der Waals surface area (Å²) >= 11 is 0. The average Bonchev–Trinajstić information content (AvgIpc) is 2.76. The van der Waals surface area contributed by atoms with Crippen molar-refractivity contribution >= 4 is 27.6 Å². The minimum absolute atomic E-state index is 0.0416. The highest BCUT2D eigenvalue weighted by molar-refractivity contribution is 7.89. The van der Waals surface area contributed by atoms with E-state index in [1.807, 2.05) is 0 Å². The van der Waals surface area contributed by atoms with E-state index in [2.05, 4.69) is 10.0 Å². The Hall–Kier alpha value is -1.93. The van der Waals surface area contributed by atoms with E-state index < -0.39 is 22.0 Å². The number of anilines is 1. The van der Waals surface area contributed by atoms with E-state index in [0.29, 0.717) is 17.7 Å². The van der Waals surface area contributed by atoms with Crippen LogP contribution in [0, 0.1) is 0 Å². The molecule has 1 aliphatic rings. The molecule has 1 amide bonds. The summed E-state index contributed by atoms with van der Waals surface area (Å²) in [5.74, 6) is -1.40. The summed E-state index contributed by atoms with van der Waals surface area (Å²) in [7, 11) is -3.94. The van der Waals surface area contributed by atoms with Crippen LogP contribution in [0.4, 0.5) is 5.69 Å². The molecule has 1 aromatic rings. The van der Waals surface area contributed by atoms with Crippen molar-refractivity contribution in [3.63, 3.8) is 0 Å². The van der Waals surface area contributed by atoms with Crippen molar-refractivity contribution in [1.29, 1.82) is 0 Å². The average molecular weight is 312 g/mol. The summed E-state index contributed by atoms with van der Waals surface area (Å²) in [6.45, 7) is 1.77. The zero-order valence-corrected chi connectivity index (χ0v) is 12.2.